The highest BCUT2D eigenvalue weighted by molar-refractivity contribution is 5.80. The van der Waals surface area contributed by atoms with Crippen molar-refractivity contribution in [1.29, 1.82) is 0 Å². The van der Waals surface area contributed by atoms with Crippen LogP contribution in [0, 0.1) is 0 Å². The Morgan fingerprint density at radius 1 is 1.33 bits per heavy atom. The highest BCUT2D eigenvalue weighted by Crippen LogP contribution is 2.27. The van der Waals surface area contributed by atoms with Crippen LogP contribution in [-0.2, 0) is 4.79 Å². The molecule has 0 aliphatic carbocycles. The Balaban J connectivity index is 2.08. The molecule has 3 nitrogen and oxygen atoms in total. The number of piperidine rings is 1. The molecule has 0 aromatic heterocycles. The van der Waals surface area contributed by atoms with Gasteiger partial charge in [-0.25, -0.2) is 0 Å². The van der Waals surface area contributed by atoms with Gasteiger partial charge in [-0.3, -0.25) is 4.79 Å². The smallest absolute Gasteiger partial charge is 0.234 e. The number of benzene rings is 1. The standard InChI is InChI=1S/C12H16N2O/c13-12(15)11-8-10(6-7-14-11)9-4-2-1-3-5-9/h1-5,10-11,14H,6-8H2,(H2,13,15). The van der Waals surface area contributed by atoms with Crippen molar-refractivity contribution in [2.24, 2.45) is 5.73 Å². The van der Waals surface area contributed by atoms with Crippen molar-refractivity contribution in [1.82, 2.24) is 5.32 Å². The van der Waals surface area contributed by atoms with E-state index in [1.165, 1.54) is 5.56 Å². The number of carbonyl (C=O) groups is 1. The van der Waals surface area contributed by atoms with E-state index in [-0.39, 0.29) is 11.9 Å². The molecule has 1 saturated heterocycles. The molecular weight excluding hydrogens is 188 g/mol. The van der Waals surface area contributed by atoms with Crippen LogP contribution in [0.3, 0.4) is 0 Å². The molecule has 2 atom stereocenters. The van der Waals surface area contributed by atoms with Crippen LogP contribution < -0.4 is 11.1 Å². The van der Waals surface area contributed by atoms with Crippen LogP contribution in [0.4, 0.5) is 0 Å². The van der Waals surface area contributed by atoms with Gasteiger partial charge in [0.25, 0.3) is 0 Å². The number of carbonyl (C=O) groups excluding carboxylic acids is 1. The van der Waals surface area contributed by atoms with E-state index in [2.05, 4.69) is 17.4 Å². The van der Waals surface area contributed by atoms with Crippen LogP contribution in [0.25, 0.3) is 0 Å². The molecule has 1 aromatic rings. The van der Waals surface area contributed by atoms with Crippen LogP contribution in [0.15, 0.2) is 30.3 Å². The second-order valence-electron chi connectivity index (χ2n) is 4.04. The van der Waals surface area contributed by atoms with E-state index in [1.54, 1.807) is 0 Å². The Labute approximate surface area is 89.7 Å². The summed E-state index contributed by atoms with van der Waals surface area (Å²) in [6.07, 6.45) is 1.90. The van der Waals surface area contributed by atoms with Gasteiger partial charge in [0.15, 0.2) is 0 Å². The highest BCUT2D eigenvalue weighted by atomic mass is 16.1. The first-order valence-electron chi connectivity index (χ1n) is 5.35. The fourth-order valence-corrected chi connectivity index (χ4v) is 2.16. The lowest BCUT2D eigenvalue weighted by atomic mass is 9.86. The third kappa shape index (κ3) is 2.36. The molecule has 1 aliphatic heterocycles. The average Bonchev–Trinajstić information content (AvgIpc) is 2.30. The largest absolute Gasteiger partial charge is 0.368 e. The zero-order valence-corrected chi connectivity index (χ0v) is 8.65. The molecule has 0 radical (unpaired) electrons. The maximum Gasteiger partial charge on any atom is 0.234 e. The van der Waals surface area contributed by atoms with Gasteiger partial charge in [0.05, 0.1) is 6.04 Å². The molecule has 1 aromatic carbocycles. The van der Waals surface area contributed by atoms with E-state index in [9.17, 15) is 4.79 Å². The van der Waals surface area contributed by atoms with Gasteiger partial charge >= 0.3 is 0 Å². The van der Waals surface area contributed by atoms with Crippen LogP contribution in [0.1, 0.15) is 24.3 Å². The molecule has 2 unspecified atom stereocenters. The van der Waals surface area contributed by atoms with Gasteiger partial charge in [0, 0.05) is 0 Å². The first kappa shape index (κ1) is 10.2. The molecule has 0 spiro atoms. The zero-order chi connectivity index (χ0) is 10.7. The third-order valence-electron chi connectivity index (χ3n) is 3.02. The van der Waals surface area contributed by atoms with Crippen LogP contribution in [0.2, 0.25) is 0 Å². The predicted octanol–water partition coefficient (Wildman–Crippen LogP) is 1.01. The molecule has 3 N–H and O–H groups in total. The van der Waals surface area contributed by atoms with Gasteiger partial charge in [0.1, 0.15) is 0 Å². The summed E-state index contributed by atoms with van der Waals surface area (Å²) >= 11 is 0. The molecule has 80 valence electrons. The van der Waals surface area contributed by atoms with Gasteiger partial charge in [-0.1, -0.05) is 30.3 Å². The van der Waals surface area contributed by atoms with Gasteiger partial charge in [-0.2, -0.15) is 0 Å². The summed E-state index contributed by atoms with van der Waals surface area (Å²) in [7, 11) is 0. The lowest BCUT2D eigenvalue weighted by molar-refractivity contribution is -0.120. The second kappa shape index (κ2) is 4.45. The van der Waals surface area contributed by atoms with Gasteiger partial charge in [-0.05, 0) is 30.9 Å². The molecule has 2 rings (SSSR count). The van der Waals surface area contributed by atoms with Crippen molar-refractivity contribution in [2.45, 2.75) is 24.8 Å². The number of nitrogens with one attached hydrogen (secondary N) is 1. The van der Waals surface area contributed by atoms with Gasteiger partial charge in [-0.15, -0.1) is 0 Å². The molecule has 1 amide bonds. The van der Waals surface area contributed by atoms with E-state index < -0.39 is 0 Å². The van der Waals surface area contributed by atoms with E-state index >= 15 is 0 Å². The number of nitrogens with two attached hydrogens (primary N) is 1. The first-order valence-corrected chi connectivity index (χ1v) is 5.35. The predicted molar refractivity (Wildman–Crippen MR) is 59.4 cm³/mol. The first-order chi connectivity index (χ1) is 7.27. The Morgan fingerprint density at radius 2 is 2.07 bits per heavy atom. The zero-order valence-electron chi connectivity index (χ0n) is 8.65. The van der Waals surface area contributed by atoms with Crippen molar-refractivity contribution in [3.8, 4) is 0 Å². The summed E-state index contributed by atoms with van der Waals surface area (Å²) in [5.74, 6) is 0.223. The molecular formula is C12H16N2O. The van der Waals surface area contributed by atoms with E-state index in [4.69, 9.17) is 5.73 Å². The van der Waals surface area contributed by atoms with Crippen molar-refractivity contribution >= 4 is 5.91 Å². The van der Waals surface area contributed by atoms with Crippen molar-refractivity contribution in [3.63, 3.8) is 0 Å². The fraction of sp³-hybridized carbons (Fsp3) is 0.417. The number of primary amides is 1. The number of hydrogen-bond donors (Lipinski definition) is 2. The lowest BCUT2D eigenvalue weighted by Crippen LogP contribution is -2.46. The molecule has 0 saturated carbocycles. The maximum absolute atomic E-state index is 11.1. The SMILES string of the molecule is NC(=O)C1CC(c2ccccc2)CCN1. The van der Waals surface area contributed by atoms with Crippen LogP contribution in [-0.4, -0.2) is 18.5 Å². The Morgan fingerprint density at radius 3 is 2.73 bits per heavy atom. The monoisotopic (exact) mass is 204 g/mol. The molecule has 1 fully saturated rings. The Kier molecular flexibility index (Phi) is 3.02. The van der Waals surface area contributed by atoms with Crippen molar-refractivity contribution < 1.29 is 4.79 Å². The molecule has 0 bridgehead atoms. The fourth-order valence-electron chi connectivity index (χ4n) is 2.16. The quantitative estimate of drug-likeness (QED) is 0.755. The molecule has 1 heterocycles. The summed E-state index contributed by atoms with van der Waals surface area (Å²) in [6, 6.07) is 10.2. The second-order valence-corrected chi connectivity index (χ2v) is 4.04. The van der Waals surface area contributed by atoms with Crippen molar-refractivity contribution in [2.75, 3.05) is 6.54 Å². The minimum absolute atomic E-state index is 0.163. The normalized spacial score (nSPS) is 26.1. The highest BCUT2D eigenvalue weighted by Gasteiger charge is 2.25. The topological polar surface area (TPSA) is 55.1 Å². The number of hydrogen-bond acceptors (Lipinski definition) is 2. The van der Waals surface area contributed by atoms with Crippen LogP contribution >= 0.6 is 0 Å². The molecule has 3 heteroatoms. The average molecular weight is 204 g/mol. The summed E-state index contributed by atoms with van der Waals surface area (Å²) in [4.78, 5) is 11.1. The summed E-state index contributed by atoms with van der Waals surface area (Å²) in [6.45, 7) is 0.868. The van der Waals surface area contributed by atoms with E-state index in [0.717, 1.165) is 19.4 Å². The lowest BCUT2D eigenvalue weighted by Gasteiger charge is -2.28. The summed E-state index contributed by atoms with van der Waals surface area (Å²) < 4.78 is 0. The number of rotatable bonds is 2. The minimum Gasteiger partial charge on any atom is -0.368 e. The Hall–Kier alpha value is -1.35. The summed E-state index contributed by atoms with van der Waals surface area (Å²) in [5.41, 5.74) is 6.62. The molecule has 1 aliphatic rings. The van der Waals surface area contributed by atoms with Gasteiger partial charge in [0.2, 0.25) is 5.91 Å². The van der Waals surface area contributed by atoms with Crippen molar-refractivity contribution in [3.05, 3.63) is 35.9 Å². The maximum atomic E-state index is 11.1. The van der Waals surface area contributed by atoms with E-state index in [1.807, 2.05) is 18.2 Å². The summed E-state index contributed by atoms with van der Waals surface area (Å²) in [5, 5.41) is 3.14. The Bertz CT molecular complexity index is 337. The minimum atomic E-state index is -0.240. The van der Waals surface area contributed by atoms with E-state index in [0.29, 0.717) is 5.92 Å². The third-order valence-corrected chi connectivity index (χ3v) is 3.02. The van der Waals surface area contributed by atoms with Gasteiger partial charge < -0.3 is 11.1 Å². The van der Waals surface area contributed by atoms with Crippen LogP contribution in [0.5, 0.6) is 0 Å². The molecule has 15 heavy (non-hydrogen) atoms. The number of amides is 1.